The molecule has 0 aliphatic carbocycles. The molecule has 0 saturated carbocycles. The average Bonchev–Trinajstić information content (AvgIpc) is 2.12. The van der Waals surface area contributed by atoms with Crippen molar-refractivity contribution >= 4 is 28.8 Å². The topological polar surface area (TPSA) is 20.3 Å². The van der Waals surface area contributed by atoms with Crippen molar-refractivity contribution in [1.82, 2.24) is 3.11 Å². The van der Waals surface area contributed by atoms with E-state index in [-0.39, 0.29) is 5.91 Å². The summed E-state index contributed by atoms with van der Waals surface area (Å²) in [6.07, 6.45) is 0.977. The predicted molar refractivity (Wildman–Crippen MR) is 55.2 cm³/mol. The average molecular weight is 273 g/mol. The number of rotatable bonds is 0. The maximum absolute atomic E-state index is 11.5. The van der Waals surface area contributed by atoms with E-state index in [0.717, 1.165) is 18.5 Å². The summed E-state index contributed by atoms with van der Waals surface area (Å²) < 4.78 is 1.74. The van der Waals surface area contributed by atoms with Gasteiger partial charge in [-0.15, -0.1) is 0 Å². The lowest BCUT2D eigenvalue weighted by atomic mass is 10.0. The van der Waals surface area contributed by atoms with Gasteiger partial charge in [0.2, 0.25) is 0 Å². The first-order valence-electron chi connectivity index (χ1n) is 3.84. The molecular weight excluding hydrogens is 265 g/mol. The number of carbonyl (C=O) groups excluding carboxylic acids is 1. The van der Waals surface area contributed by atoms with Crippen LogP contribution in [0.1, 0.15) is 15.9 Å². The normalized spacial score (nSPS) is 16.1. The number of benzene rings is 1. The number of hydrogen-bond acceptors (Lipinski definition) is 1. The first-order chi connectivity index (χ1) is 5.79. The van der Waals surface area contributed by atoms with E-state index in [1.54, 1.807) is 3.11 Å². The fourth-order valence-electron chi connectivity index (χ4n) is 1.40. The van der Waals surface area contributed by atoms with E-state index in [9.17, 15) is 4.79 Å². The van der Waals surface area contributed by atoms with E-state index < -0.39 is 0 Å². The molecule has 0 fully saturated rings. The Balaban J connectivity index is 2.49. The van der Waals surface area contributed by atoms with Gasteiger partial charge in [0, 0.05) is 12.1 Å². The van der Waals surface area contributed by atoms with Crippen molar-refractivity contribution in [2.75, 3.05) is 6.54 Å². The molecule has 2 rings (SSSR count). The van der Waals surface area contributed by atoms with E-state index in [1.807, 2.05) is 24.3 Å². The summed E-state index contributed by atoms with van der Waals surface area (Å²) in [5.74, 6) is 0.137. The Bertz CT molecular complexity index is 324. The lowest BCUT2D eigenvalue weighted by Gasteiger charge is -2.22. The summed E-state index contributed by atoms with van der Waals surface area (Å²) in [7, 11) is 0. The Hall–Kier alpha value is -0.580. The van der Waals surface area contributed by atoms with Gasteiger partial charge < -0.3 is 0 Å². The minimum Gasteiger partial charge on any atom is -0.281 e. The van der Waals surface area contributed by atoms with Crippen LogP contribution in [0.2, 0.25) is 0 Å². The van der Waals surface area contributed by atoms with Crippen LogP contribution in [-0.4, -0.2) is 15.6 Å². The van der Waals surface area contributed by atoms with Gasteiger partial charge >= 0.3 is 0 Å². The van der Waals surface area contributed by atoms with Crippen LogP contribution in [0.15, 0.2) is 24.3 Å². The fraction of sp³-hybridized carbons (Fsp3) is 0.222. The van der Waals surface area contributed by atoms with Crippen LogP contribution in [0.5, 0.6) is 0 Å². The van der Waals surface area contributed by atoms with Gasteiger partial charge in [-0.2, -0.15) is 0 Å². The zero-order valence-electron chi connectivity index (χ0n) is 6.46. The maximum Gasteiger partial charge on any atom is 0.262 e. The van der Waals surface area contributed by atoms with Crippen molar-refractivity contribution in [3.8, 4) is 0 Å². The Morgan fingerprint density at radius 2 is 2.08 bits per heavy atom. The zero-order chi connectivity index (χ0) is 8.55. The van der Waals surface area contributed by atoms with Crippen LogP contribution in [0.25, 0.3) is 0 Å². The molecule has 0 saturated heterocycles. The minimum atomic E-state index is 0.137. The van der Waals surface area contributed by atoms with Crippen LogP contribution in [0, 0.1) is 0 Å². The largest absolute Gasteiger partial charge is 0.281 e. The summed E-state index contributed by atoms with van der Waals surface area (Å²) in [6.45, 7) is 0.830. The Morgan fingerprint density at radius 1 is 1.33 bits per heavy atom. The molecule has 1 amide bonds. The molecule has 0 spiro atoms. The molecule has 1 aliphatic rings. The molecule has 1 aromatic rings. The molecule has 0 bridgehead atoms. The molecule has 1 aliphatic heterocycles. The van der Waals surface area contributed by atoms with Crippen LogP contribution < -0.4 is 0 Å². The van der Waals surface area contributed by atoms with E-state index in [0.29, 0.717) is 0 Å². The highest BCUT2D eigenvalue weighted by Gasteiger charge is 2.21. The highest BCUT2D eigenvalue weighted by atomic mass is 127. The molecule has 1 aromatic carbocycles. The van der Waals surface area contributed by atoms with Crippen LogP contribution >= 0.6 is 22.9 Å². The van der Waals surface area contributed by atoms with E-state index in [1.165, 1.54) is 5.56 Å². The second-order valence-corrected chi connectivity index (χ2v) is 3.96. The van der Waals surface area contributed by atoms with Crippen molar-refractivity contribution in [2.45, 2.75) is 6.42 Å². The third-order valence-corrected chi connectivity index (χ3v) is 2.97. The molecule has 0 atom stereocenters. The summed E-state index contributed by atoms with van der Waals surface area (Å²) >= 11 is 2.06. The van der Waals surface area contributed by atoms with Crippen LogP contribution in [-0.2, 0) is 6.42 Å². The molecule has 0 unspecified atom stereocenters. The first kappa shape index (κ1) is 8.04. The van der Waals surface area contributed by atoms with E-state index in [2.05, 4.69) is 22.9 Å². The van der Waals surface area contributed by atoms with Gasteiger partial charge in [0.25, 0.3) is 5.91 Å². The number of hydrogen-bond donors (Lipinski definition) is 0. The Labute approximate surface area is 85.1 Å². The van der Waals surface area contributed by atoms with Crippen molar-refractivity contribution < 1.29 is 4.79 Å². The molecule has 2 nitrogen and oxygen atoms in total. The zero-order valence-corrected chi connectivity index (χ0v) is 8.61. The lowest BCUT2D eigenvalue weighted by molar-refractivity contribution is 0.0878. The second kappa shape index (κ2) is 3.05. The van der Waals surface area contributed by atoms with Crippen LogP contribution in [0.4, 0.5) is 0 Å². The molecule has 62 valence electrons. The maximum atomic E-state index is 11.5. The van der Waals surface area contributed by atoms with Crippen molar-refractivity contribution in [1.29, 1.82) is 0 Å². The number of halogens is 1. The third kappa shape index (κ3) is 1.22. The summed E-state index contributed by atoms with van der Waals surface area (Å²) in [5, 5.41) is 0. The van der Waals surface area contributed by atoms with E-state index in [4.69, 9.17) is 0 Å². The standard InChI is InChI=1S/C9H8INO/c10-11-6-5-7-3-1-2-4-8(7)9(11)12/h1-4H,5-6H2. The number of carbonyl (C=O) groups is 1. The van der Waals surface area contributed by atoms with Gasteiger partial charge in [0.05, 0.1) is 22.9 Å². The van der Waals surface area contributed by atoms with E-state index >= 15 is 0 Å². The van der Waals surface area contributed by atoms with Gasteiger partial charge in [-0.1, -0.05) is 18.2 Å². The lowest BCUT2D eigenvalue weighted by Crippen LogP contribution is -2.29. The monoisotopic (exact) mass is 273 g/mol. The van der Waals surface area contributed by atoms with Gasteiger partial charge in [0.1, 0.15) is 0 Å². The fourth-order valence-corrected chi connectivity index (χ4v) is 1.90. The molecule has 0 radical (unpaired) electrons. The van der Waals surface area contributed by atoms with Gasteiger partial charge in [-0.25, -0.2) is 0 Å². The van der Waals surface area contributed by atoms with Gasteiger partial charge in [0.15, 0.2) is 0 Å². The van der Waals surface area contributed by atoms with Crippen molar-refractivity contribution in [2.24, 2.45) is 0 Å². The number of amides is 1. The third-order valence-electron chi connectivity index (χ3n) is 2.05. The second-order valence-electron chi connectivity index (χ2n) is 2.80. The number of fused-ring (bicyclic) bond motifs is 1. The SMILES string of the molecule is O=C1c2ccccc2CCN1I. The minimum absolute atomic E-state index is 0.137. The summed E-state index contributed by atoms with van der Waals surface area (Å²) in [6, 6.07) is 7.81. The highest BCUT2D eigenvalue weighted by Crippen LogP contribution is 2.20. The Morgan fingerprint density at radius 3 is 2.92 bits per heavy atom. The molecule has 3 heteroatoms. The number of nitrogens with zero attached hydrogens (tertiary/aromatic N) is 1. The molecular formula is C9H8INO. The quantitative estimate of drug-likeness (QED) is 0.523. The molecule has 12 heavy (non-hydrogen) atoms. The first-order valence-corrected chi connectivity index (χ1v) is 4.81. The highest BCUT2D eigenvalue weighted by molar-refractivity contribution is 14.1. The predicted octanol–water partition coefficient (Wildman–Crippen LogP) is 2.03. The summed E-state index contributed by atoms with van der Waals surface area (Å²) in [4.78, 5) is 11.5. The van der Waals surface area contributed by atoms with Crippen molar-refractivity contribution in [3.63, 3.8) is 0 Å². The van der Waals surface area contributed by atoms with Gasteiger partial charge in [-0.3, -0.25) is 7.91 Å². The Kier molecular flexibility index (Phi) is 2.04. The smallest absolute Gasteiger partial charge is 0.262 e. The van der Waals surface area contributed by atoms with Crippen molar-refractivity contribution in [3.05, 3.63) is 35.4 Å². The summed E-state index contributed by atoms with van der Waals surface area (Å²) in [5.41, 5.74) is 2.04. The van der Waals surface area contributed by atoms with Gasteiger partial charge in [-0.05, 0) is 18.1 Å². The molecule has 0 N–H and O–H groups in total. The molecule has 1 heterocycles. The van der Waals surface area contributed by atoms with Crippen LogP contribution in [0.3, 0.4) is 0 Å². The molecule has 0 aromatic heterocycles.